The second-order valence-electron chi connectivity index (χ2n) is 6.84. The molecule has 0 aliphatic carbocycles. The summed E-state index contributed by atoms with van der Waals surface area (Å²) in [4.78, 5) is 20.7. The standard InChI is InChI=1S/C23H19N3O4/c1-28-19-12-15(13-20-21(19)30-11-10-29-20)23(27)24-16-8-6-14(7-9-16)22-25-17-4-2-3-5-18(17)26-22/h2-9,12-13H,10-11H2,1H3,(H,24,27)(H,25,26). The van der Waals surface area contributed by atoms with Crippen molar-refractivity contribution in [3.63, 3.8) is 0 Å². The van der Waals surface area contributed by atoms with E-state index in [1.807, 2.05) is 48.5 Å². The molecule has 1 amide bonds. The lowest BCUT2D eigenvalue weighted by Crippen LogP contribution is -2.18. The van der Waals surface area contributed by atoms with Gasteiger partial charge in [0, 0.05) is 16.8 Å². The van der Waals surface area contributed by atoms with Gasteiger partial charge in [-0.3, -0.25) is 4.79 Å². The zero-order valence-corrected chi connectivity index (χ0v) is 16.3. The average Bonchev–Trinajstić information content (AvgIpc) is 3.23. The summed E-state index contributed by atoms with van der Waals surface area (Å²) >= 11 is 0. The summed E-state index contributed by atoms with van der Waals surface area (Å²) in [5.74, 6) is 2.02. The second-order valence-corrected chi connectivity index (χ2v) is 6.84. The third-order valence-corrected chi connectivity index (χ3v) is 4.90. The van der Waals surface area contributed by atoms with E-state index < -0.39 is 0 Å². The molecule has 0 unspecified atom stereocenters. The summed E-state index contributed by atoms with van der Waals surface area (Å²) in [6.07, 6.45) is 0. The molecule has 0 bridgehead atoms. The summed E-state index contributed by atoms with van der Waals surface area (Å²) in [7, 11) is 1.53. The first kappa shape index (κ1) is 18.1. The topological polar surface area (TPSA) is 85.5 Å². The average molecular weight is 401 g/mol. The number of hydrogen-bond acceptors (Lipinski definition) is 5. The van der Waals surface area contributed by atoms with E-state index in [0.29, 0.717) is 41.7 Å². The van der Waals surface area contributed by atoms with E-state index >= 15 is 0 Å². The van der Waals surface area contributed by atoms with Crippen molar-refractivity contribution in [3.8, 4) is 28.6 Å². The van der Waals surface area contributed by atoms with Crippen molar-refractivity contribution < 1.29 is 19.0 Å². The molecular formula is C23H19N3O4. The smallest absolute Gasteiger partial charge is 0.255 e. The van der Waals surface area contributed by atoms with E-state index in [4.69, 9.17) is 14.2 Å². The Balaban J connectivity index is 1.36. The number of H-pyrrole nitrogens is 1. The number of amides is 1. The van der Waals surface area contributed by atoms with Gasteiger partial charge >= 0.3 is 0 Å². The monoisotopic (exact) mass is 401 g/mol. The van der Waals surface area contributed by atoms with Crippen LogP contribution in [0.5, 0.6) is 17.2 Å². The Bertz CT molecular complexity index is 1180. The Morgan fingerprint density at radius 2 is 1.87 bits per heavy atom. The minimum Gasteiger partial charge on any atom is -0.493 e. The number of nitrogens with one attached hydrogen (secondary N) is 2. The van der Waals surface area contributed by atoms with Crippen LogP contribution in [-0.4, -0.2) is 36.2 Å². The normalized spacial score (nSPS) is 12.6. The maximum Gasteiger partial charge on any atom is 0.255 e. The molecule has 0 spiro atoms. The number of ether oxygens (including phenoxy) is 3. The maximum absolute atomic E-state index is 12.8. The van der Waals surface area contributed by atoms with Gasteiger partial charge in [-0.05, 0) is 48.5 Å². The Morgan fingerprint density at radius 1 is 1.07 bits per heavy atom. The van der Waals surface area contributed by atoms with Crippen LogP contribution in [0.2, 0.25) is 0 Å². The van der Waals surface area contributed by atoms with Gasteiger partial charge in [0.25, 0.3) is 5.91 Å². The van der Waals surface area contributed by atoms with Crippen molar-refractivity contribution in [2.24, 2.45) is 0 Å². The van der Waals surface area contributed by atoms with Crippen molar-refractivity contribution in [3.05, 3.63) is 66.2 Å². The van der Waals surface area contributed by atoms with Crippen molar-refractivity contribution in [1.29, 1.82) is 0 Å². The molecule has 0 atom stereocenters. The molecule has 7 nitrogen and oxygen atoms in total. The lowest BCUT2D eigenvalue weighted by atomic mass is 10.1. The van der Waals surface area contributed by atoms with Gasteiger partial charge in [-0.2, -0.15) is 0 Å². The number of carbonyl (C=O) groups excluding carboxylic acids is 1. The first-order chi connectivity index (χ1) is 14.7. The quantitative estimate of drug-likeness (QED) is 0.534. The van der Waals surface area contributed by atoms with Crippen LogP contribution in [0.25, 0.3) is 22.4 Å². The number of methoxy groups -OCH3 is 1. The van der Waals surface area contributed by atoms with Gasteiger partial charge in [0.15, 0.2) is 11.5 Å². The lowest BCUT2D eigenvalue weighted by molar-refractivity contribution is 0.102. The third-order valence-electron chi connectivity index (χ3n) is 4.90. The highest BCUT2D eigenvalue weighted by Gasteiger charge is 2.21. The van der Waals surface area contributed by atoms with Crippen LogP contribution in [0.15, 0.2) is 60.7 Å². The van der Waals surface area contributed by atoms with Crippen molar-refractivity contribution in [2.45, 2.75) is 0 Å². The predicted octanol–water partition coefficient (Wildman–Crippen LogP) is 4.26. The highest BCUT2D eigenvalue weighted by atomic mass is 16.6. The lowest BCUT2D eigenvalue weighted by Gasteiger charge is -2.21. The Kier molecular flexibility index (Phi) is 4.48. The maximum atomic E-state index is 12.8. The number of imidazole rings is 1. The number of carbonyl (C=O) groups is 1. The van der Waals surface area contributed by atoms with Crippen LogP contribution in [0.3, 0.4) is 0 Å². The molecule has 0 radical (unpaired) electrons. The van der Waals surface area contributed by atoms with E-state index in [0.717, 1.165) is 22.4 Å². The van der Waals surface area contributed by atoms with E-state index in [1.54, 1.807) is 12.1 Å². The number of aromatic amines is 1. The number of rotatable bonds is 4. The van der Waals surface area contributed by atoms with Gasteiger partial charge in [-0.25, -0.2) is 4.98 Å². The largest absolute Gasteiger partial charge is 0.493 e. The summed E-state index contributed by atoms with van der Waals surface area (Å²) in [5, 5.41) is 2.90. The highest BCUT2D eigenvalue weighted by molar-refractivity contribution is 6.05. The fraction of sp³-hybridized carbons (Fsp3) is 0.130. The molecule has 2 N–H and O–H groups in total. The van der Waals surface area contributed by atoms with Gasteiger partial charge in [0.05, 0.1) is 18.1 Å². The second kappa shape index (κ2) is 7.44. The molecule has 7 heteroatoms. The number of anilines is 1. The first-order valence-electron chi connectivity index (χ1n) is 9.55. The summed E-state index contributed by atoms with van der Waals surface area (Å²) in [5.41, 5.74) is 3.94. The highest BCUT2D eigenvalue weighted by Crippen LogP contribution is 2.40. The molecule has 1 aliphatic heterocycles. The summed E-state index contributed by atoms with van der Waals surface area (Å²) in [6.45, 7) is 0.886. The minimum atomic E-state index is -0.262. The zero-order valence-electron chi connectivity index (χ0n) is 16.3. The number of aromatic nitrogens is 2. The SMILES string of the molecule is COc1cc(C(=O)Nc2ccc(-c3nc4ccccc4[nH]3)cc2)cc2c1OCCO2. The fourth-order valence-electron chi connectivity index (χ4n) is 3.41. The molecule has 0 saturated carbocycles. The fourth-order valence-corrected chi connectivity index (χ4v) is 3.41. The summed E-state index contributed by atoms with van der Waals surface area (Å²) in [6, 6.07) is 18.7. The van der Waals surface area contributed by atoms with Crippen molar-refractivity contribution >= 4 is 22.6 Å². The van der Waals surface area contributed by atoms with Crippen molar-refractivity contribution in [2.75, 3.05) is 25.6 Å². The van der Waals surface area contributed by atoms with Crippen LogP contribution >= 0.6 is 0 Å². The molecule has 1 aromatic heterocycles. The number of nitrogens with zero attached hydrogens (tertiary/aromatic N) is 1. The van der Waals surface area contributed by atoms with E-state index in [2.05, 4.69) is 15.3 Å². The summed E-state index contributed by atoms with van der Waals surface area (Å²) < 4.78 is 16.5. The zero-order chi connectivity index (χ0) is 20.5. The van der Waals surface area contributed by atoms with E-state index in [-0.39, 0.29) is 5.91 Å². The Labute approximate surface area is 172 Å². The van der Waals surface area contributed by atoms with Crippen LogP contribution in [0.4, 0.5) is 5.69 Å². The third kappa shape index (κ3) is 3.30. The molecule has 2 heterocycles. The number of hydrogen-bond donors (Lipinski definition) is 2. The van der Waals surface area contributed by atoms with Gasteiger partial charge in [0.2, 0.25) is 5.75 Å². The predicted molar refractivity (Wildman–Crippen MR) is 113 cm³/mol. The molecule has 30 heavy (non-hydrogen) atoms. The molecule has 5 rings (SSSR count). The molecule has 1 aliphatic rings. The van der Waals surface area contributed by atoms with Crippen LogP contribution < -0.4 is 19.5 Å². The molecule has 0 saturated heterocycles. The molecule has 3 aromatic carbocycles. The van der Waals surface area contributed by atoms with Gasteiger partial charge < -0.3 is 24.5 Å². The van der Waals surface area contributed by atoms with E-state index in [1.165, 1.54) is 7.11 Å². The van der Waals surface area contributed by atoms with Crippen LogP contribution in [0.1, 0.15) is 10.4 Å². The number of benzene rings is 3. The number of para-hydroxylation sites is 2. The van der Waals surface area contributed by atoms with Gasteiger partial charge in [0.1, 0.15) is 19.0 Å². The van der Waals surface area contributed by atoms with Crippen molar-refractivity contribution in [1.82, 2.24) is 9.97 Å². The van der Waals surface area contributed by atoms with Crippen LogP contribution in [-0.2, 0) is 0 Å². The molecular weight excluding hydrogens is 382 g/mol. The minimum absolute atomic E-state index is 0.262. The number of fused-ring (bicyclic) bond motifs is 2. The van der Waals surface area contributed by atoms with Gasteiger partial charge in [-0.1, -0.05) is 12.1 Å². The van der Waals surface area contributed by atoms with Gasteiger partial charge in [-0.15, -0.1) is 0 Å². The molecule has 0 fully saturated rings. The molecule has 150 valence electrons. The Morgan fingerprint density at radius 3 is 2.67 bits per heavy atom. The Hall–Kier alpha value is -4.00. The van der Waals surface area contributed by atoms with E-state index in [9.17, 15) is 4.79 Å². The van der Waals surface area contributed by atoms with Crippen LogP contribution in [0, 0.1) is 0 Å². The molecule has 4 aromatic rings. The first-order valence-corrected chi connectivity index (χ1v) is 9.55.